The van der Waals surface area contributed by atoms with E-state index in [1.807, 2.05) is 30.3 Å². The predicted molar refractivity (Wildman–Crippen MR) is 93.2 cm³/mol. The summed E-state index contributed by atoms with van der Waals surface area (Å²) in [5.41, 5.74) is 1.92. The molecule has 0 spiro atoms. The zero-order valence-electron chi connectivity index (χ0n) is 13.5. The molecule has 23 heavy (non-hydrogen) atoms. The number of para-hydroxylation sites is 1. The minimum Gasteiger partial charge on any atom is -0.496 e. The number of rotatable bonds is 4. The molecule has 1 aliphatic carbocycles. The molecule has 3 rings (SSSR count). The van der Waals surface area contributed by atoms with Crippen LogP contribution in [-0.2, 0) is 9.53 Å². The lowest BCUT2D eigenvalue weighted by atomic mass is 10.0. The van der Waals surface area contributed by atoms with E-state index in [0.717, 1.165) is 62.6 Å². The van der Waals surface area contributed by atoms with Gasteiger partial charge in [-0.05, 0) is 30.6 Å². The molecule has 0 amide bonds. The number of benzene rings is 1. The zero-order valence-corrected chi connectivity index (χ0v) is 14.3. The van der Waals surface area contributed by atoms with E-state index >= 15 is 0 Å². The number of morpholine rings is 1. The van der Waals surface area contributed by atoms with Crippen LogP contribution in [0.15, 0.2) is 29.8 Å². The number of ether oxygens (including phenoxy) is 2. The Morgan fingerprint density at radius 2 is 2.04 bits per heavy atom. The molecule has 0 aromatic heterocycles. The first kappa shape index (κ1) is 18.0. The second kappa shape index (κ2) is 8.48. The molecule has 5 heteroatoms. The van der Waals surface area contributed by atoms with Gasteiger partial charge in [0.2, 0.25) is 0 Å². The van der Waals surface area contributed by atoms with Crippen molar-refractivity contribution in [2.75, 3.05) is 40.0 Å². The predicted octanol–water partition coefficient (Wildman–Crippen LogP) is 2.81. The maximum absolute atomic E-state index is 12.6. The summed E-state index contributed by atoms with van der Waals surface area (Å²) >= 11 is 0. The number of Topliss-reactive ketones (excluding diaryl/α,β-unsaturated/α-hetero) is 1. The molecule has 0 radical (unpaired) electrons. The Morgan fingerprint density at radius 1 is 1.30 bits per heavy atom. The van der Waals surface area contributed by atoms with Gasteiger partial charge in [0.1, 0.15) is 5.75 Å². The van der Waals surface area contributed by atoms with E-state index in [4.69, 9.17) is 9.47 Å². The van der Waals surface area contributed by atoms with Crippen LogP contribution < -0.4 is 4.74 Å². The van der Waals surface area contributed by atoms with Gasteiger partial charge in [-0.25, -0.2) is 0 Å². The summed E-state index contributed by atoms with van der Waals surface area (Å²) in [6.07, 6.45) is 3.82. The fourth-order valence-electron chi connectivity index (χ4n) is 3.23. The Bertz CT molecular complexity index is 567. The first-order valence-electron chi connectivity index (χ1n) is 7.96. The number of methoxy groups -OCH3 is 1. The van der Waals surface area contributed by atoms with Crippen LogP contribution in [0.2, 0.25) is 0 Å². The normalized spacial score (nSPS) is 23.8. The second-order valence-electron chi connectivity index (χ2n) is 5.92. The molecular formula is C18H24ClNO3. The monoisotopic (exact) mass is 337 g/mol. The summed E-state index contributed by atoms with van der Waals surface area (Å²) < 4.78 is 10.7. The summed E-state index contributed by atoms with van der Waals surface area (Å²) in [6.45, 7) is 4.31. The third-order valence-corrected chi connectivity index (χ3v) is 4.50. The van der Waals surface area contributed by atoms with Gasteiger partial charge in [-0.2, -0.15) is 0 Å². The van der Waals surface area contributed by atoms with Gasteiger partial charge in [0.05, 0.1) is 20.3 Å². The molecule has 1 aliphatic heterocycles. The van der Waals surface area contributed by atoms with Crippen molar-refractivity contribution < 1.29 is 14.3 Å². The summed E-state index contributed by atoms with van der Waals surface area (Å²) in [5, 5.41) is 0. The summed E-state index contributed by atoms with van der Waals surface area (Å²) in [4.78, 5) is 15.0. The van der Waals surface area contributed by atoms with Crippen LogP contribution in [0.5, 0.6) is 5.75 Å². The second-order valence-corrected chi connectivity index (χ2v) is 5.92. The quantitative estimate of drug-likeness (QED) is 0.792. The van der Waals surface area contributed by atoms with Crippen molar-refractivity contribution in [2.24, 2.45) is 5.92 Å². The lowest BCUT2D eigenvalue weighted by Crippen LogP contribution is -2.40. The van der Waals surface area contributed by atoms with Gasteiger partial charge in [-0.3, -0.25) is 9.69 Å². The summed E-state index contributed by atoms with van der Waals surface area (Å²) in [7, 11) is 1.66. The highest BCUT2D eigenvalue weighted by Gasteiger charge is 2.31. The average molecular weight is 338 g/mol. The highest BCUT2D eigenvalue weighted by molar-refractivity contribution is 6.03. The van der Waals surface area contributed by atoms with Crippen molar-refractivity contribution in [1.82, 2.24) is 4.90 Å². The Labute approximate surface area is 143 Å². The fraction of sp³-hybridized carbons (Fsp3) is 0.500. The van der Waals surface area contributed by atoms with E-state index in [1.54, 1.807) is 7.11 Å². The van der Waals surface area contributed by atoms with Crippen molar-refractivity contribution in [1.29, 1.82) is 0 Å². The SMILES string of the molecule is COc1ccccc1C=C1CCC(CN2CCOCC2)C1=O.Cl. The number of nitrogens with zero attached hydrogens (tertiary/aromatic N) is 1. The van der Waals surface area contributed by atoms with Crippen molar-refractivity contribution in [3.63, 3.8) is 0 Å². The number of hydrogen-bond acceptors (Lipinski definition) is 4. The molecule has 1 atom stereocenters. The van der Waals surface area contributed by atoms with Gasteiger partial charge < -0.3 is 9.47 Å². The molecule has 2 fully saturated rings. The van der Waals surface area contributed by atoms with E-state index in [0.29, 0.717) is 5.78 Å². The third kappa shape index (κ3) is 4.34. The van der Waals surface area contributed by atoms with E-state index in [1.165, 1.54) is 0 Å². The van der Waals surface area contributed by atoms with E-state index in [2.05, 4.69) is 4.90 Å². The van der Waals surface area contributed by atoms with E-state index in [-0.39, 0.29) is 18.3 Å². The molecule has 1 saturated carbocycles. The van der Waals surface area contributed by atoms with Crippen molar-refractivity contribution in [3.8, 4) is 5.75 Å². The summed E-state index contributed by atoms with van der Waals surface area (Å²) in [6, 6.07) is 7.84. The molecule has 1 heterocycles. The van der Waals surface area contributed by atoms with Gasteiger partial charge in [0.25, 0.3) is 0 Å². The Hall–Kier alpha value is -1.36. The molecule has 0 bridgehead atoms. The molecule has 4 nitrogen and oxygen atoms in total. The number of carbonyl (C=O) groups is 1. The molecule has 1 unspecified atom stereocenters. The van der Waals surface area contributed by atoms with E-state index in [9.17, 15) is 4.79 Å². The minimum atomic E-state index is 0. The highest BCUT2D eigenvalue weighted by Crippen LogP contribution is 2.31. The fourth-order valence-corrected chi connectivity index (χ4v) is 3.23. The van der Waals surface area contributed by atoms with Crippen molar-refractivity contribution >= 4 is 24.3 Å². The molecule has 2 aliphatic rings. The number of halogens is 1. The van der Waals surface area contributed by atoms with Crippen LogP contribution in [-0.4, -0.2) is 50.6 Å². The van der Waals surface area contributed by atoms with E-state index < -0.39 is 0 Å². The third-order valence-electron chi connectivity index (χ3n) is 4.50. The van der Waals surface area contributed by atoms with Crippen LogP contribution in [0.4, 0.5) is 0 Å². The molecule has 1 aromatic rings. The van der Waals surface area contributed by atoms with Gasteiger partial charge in [-0.15, -0.1) is 12.4 Å². The average Bonchev–Trinajstić information content (AvgIpc) is 2.90. The highest BCUT2D eigenvalue weighted by atomic mass is 35.5. The van der Waals surface area contributed by atoms with Crippen LogP contribution in [0.25, 0.3) is 6.08 Å². The topological polar surface area (TPSA) is 38.8 Å². The molecule has 1 aromatic carbocycles. The van der Waals surface area contributed by atoms with Crippen molar-refractivity contribution in [3.05, 3.63) is 35.4 Å². The largest absolute Gasteiger partial charge is 0.496 e. The first-order valence-corrected chi connectivity index (χ1v) is 7.96. The van der Waals surface area contributed by atoms with Gasteiger partial charge >= 0.3 is 0 Å². The lowest BCUT2D eigenvalue weighted by molar-refractivity contribution is -0.118. The molecular weight excluding hydrogens is 314 g/mol. The smallest absolute Gasteiger partial charge is 0.163 e. The lowest BCUT2D eigenvalue weighted by Gasteiger charge is -2.28. The number of hydrogen-bond donors (Lipinski definition) is 0. The van der Waals surface area contributed by atoms with Crippen LogP contribution in [0, 0.1) is 5.92 Å². The number of ketones is 1. The van der Waals surface area contributed by atoms with Crippen molar-refractivity contribution in [2.45, 2.75) is 12.8 Å². The van der Waals surface area contributed by atoms with Crippen LogP contribution in [0.1, 0.15) is 18.4 Å². The summed E-state index contributed by atoms with van der Waals surface area (Å²) in [5.74, 6) is 1.26. The van der Waals surface area contributed by atoms with Gasteiger partial charge in [-0.1, -0.05) is 18.2 Å². The Balaban J connectivity index is 0.00000192. The molecule has 126 valence electrons. The minimum absolute atomic E-state index is 0. The zero-order chi connectivity index (χ0) is 15.4. The van der Waals surface area contributed by atoms with Gasteiger partial charge in [0, 0.05) is 31.1 Å². The van der Waals surface area contributed by atoms with Gasteiger partial charge in [0.15, 0.2) is 5.78 Å². The Kier molecular flexibility index (Phi) is 6.63. The molecule has 0 N–H and O–H groups in total. The number of carbonyl (C=O) groups excluding carboxylic acids is 1. The first-order chi connectivity index (χ1) is 10.8. The van der Waals surface area contributed by atoms with Crippen LogP contribution in [0.3, 0.4) is 0 Å². The maximum atomic E-state index is 12.6. The number of allylic oxidation sites excluding steroid dienone is 1. The molecule has 1 saturated heterocycles. The maximum Gasteiger partial charge on any atom is 0.163 e. The van der Waals surface area contributed by atoms with Crippen LogP contribution >= 0.6 is 12.4 Å². The standard InChI is InChI=1S/C18H23NO3.ClH/c1-21-17-5-3-2-4-14(17)12-15-6-7-16(18(15)20)13-19-8-10-22-11-9-19;/h2-5,12,16H,6-11,13H2,1H3;1H. The Morgan fingerprint density at radius 3 is 2.78 bits per heavy atom.